The van der Waals surface area contributed by atoms with Gasteiger partial charge in [0.25, 0.3) is 11.2 Å². The molecule has 0 saturated carbocycles. The smallest absolute Gasteiger partial charge is 0.338 e. The number of aryl methyl sites for hydroxylation is 1. The molecule has 5 rings (SSSR count). The van der Waals surface area contributed by atoms with E-state index in [9.17, 15) is 19.7 Å². The molecule has 0 aliphatic carbocycles. The number of allylic oxidation sites excluding steroid dienone is 1. The van der Waals surface area contributed by atoms with Crippen molar-refractivity contribution < 1.29 is 19.2 Å². The highest BCUT2D eigenvalue weighted by Crippen LogP contribution is 2.34. The number of hydrogen-bond donors (Lipinski definition) is 0. The lowest BCUT2D eigenvalue weighted by Crippen LogP contribution is -2.40. The number of nitro benzene ring substituents is 1. The number of nitrogens with zero attached hydrogens (tertiary/aromatic N) is 3. The van der Waals surface area contributed by atoms with Gasteiger partial charge in [-0.15, -0.1) is 0 Å². The molecule has 2 heterocycles. The average molecular weight is 717 g/mol. The molecule has 1 aliphatic rings. The Labute approximate surface area is 274 Å². The quantitative estimate of drug-likeness (QED) is 0.115. The summed E-state index contributed by atoms with van der Waals surface area (Å²) < 4.78 is 13.7. The van der Waals surface area contributed by atoms with Crippen molar-refractivity contribution in [2.24, 2.45) is 4.99 Å². The Hall–Kier alpha value is -3.77. The van der Waals surface area contributed by atoms with E-state index in [0.29, 0.717) is 52.0 Å². The van der Waals surface area contributed by atoms with Crippen LogP contribution in [-0.4, -0.2) is 22.1 Å². The summed E-state index contributed by atoms with van der Waals surface area (Å²) in [5, 5.41) is 12.8. The predicted molar refractivity (Wildman–Crippen MR) is 173 cm³/mol. The van der Waals surface area contributed by atoms with Crippen molar-refractivity contribution in [3.05, 3.63) is 132 Å². The molecule has 1 atom stereocenters. The minimum Gasteiger partial charge on any atom is -0.488 e. The van der Waals surface area contributed by atoms with Crippen LogP contribution in [0.3, 0.4) is 0 Å². The van der Waals surface area contributed by atoms with E-state index in [-0.39, 0.29) is 24.5 Å². The van der Waals surface area contributed by atoms with Gasteiger partial charge < -0.3 is 9.47 Å². The van der Waals surface area contributed by atoms with Gasteiger partial charge in [0, 0.05) is 27.2 Å². The van der Waals surface area contributed by atoms with E-state index in [0.717, 1.165) is 16.9 Å². The number of fused-ring (bicyclic) bond motifs is 1. The molecule has 13 heteroatoms. The first-order valence-corrected chi connectivity index (χ1v) is 15.7. The minimum atomic E-state index is -0.964. The van der Waals surface area contributed by atoms with Crippen molar-refractivity contribution in [1.29, 1.82) is 0 Å². The first-order chi connectivity index (χ1) is 21.0. The van der Waals surface area contributed by atoms with Crippen molar-refractivity contribution in [3.63, 3.8) is 0 Å². The number of halogens is 3. The summed E-state index contributed by atoms with van der Waals surface area (Å²) in [5.74, 6) is -0.0686. The third-order valence-corrected chi connectivity index (χ3v) is 9.10. The molecule has 0 radical (unpaired) electrons. The van der Waals surface area contributed by atoms with Gasteiger partial charge in [-0.05, 0) is 78.2 Å². The molecule has 0 amide bonds. The summed E-state index contributed by atoms with van der Waals surface area (Å²) >= 11 is 16.9. The first kappa shape index (κ1) is 31.6. The van der Waals surface area contributed by atoms with Gasteiger partial charge in [0.1, 0.15) is 12.4 Å². The fraction of sp³-hybridized carbons (Fsp3) is 0.194. The highest BCUT2D eigenvalue weighted by molar-refractivity contribution is 9.10. The highest BCUT2D eigenvalue weighted by atomic mass is 79.9. The van der Waals surface area contributed by atoms with E-state index in [1.165, 1.54) is 10.6 Å². The van der Waals surface area contributed by atoms with Crippen molar-refractivity contribution in [2.75, 3.05) is 6.61 Å². The van der Waals surface area contributed by atoms with Gasteiger partial charge >= 0.3 is 5.97 Å². The van der Waals surface area contributed by atoms with Crippen LogP contribution in [0.1, 0.15) is 42.1 Å². The number of hydrogen-bond acceptors (Lipinski definition) is 8. The number of esters is 1. The van der Waals surface area contributed by atoms with Crippen LogP contribution in [0.4, 0.5) is 5.69 Å². The summed E-state index contributed by atoms with van der Waals surface area (Å²) in [5.41, 5.74) is 2.35. The lowest BCUT2D eigenvalue weighted by atomic mass is 9.94. The molecule has 226 valence electrons. The van der Waals surface area contributed by atoms with E-state index in [4.69, 9.17) is 32.7 Å². The summed E-state index contributed by atoms with van der Waals surface area (Å²) in [6, 6.07) is 14.3. The van der Waals surface area contributed by atoms with E-state index in [1.807, 2.05) is 6.07 Å². The molecule has 0 bridgehead atoms. The Bertz CT molecular complexity index is 2040. The number of ether oxygens (including phenoxy) is 2. The number of carbonyl (C=O) groups is 1. The Balaban J connectivity index is 1.55. The maximum Gasteiger partial charge on any atom is 0.338 e. The molecule has 0 N–H and O–H groups in total. The summed E-state index contributed by atoms with van der Waals surface area (Å²) in [7, 11) is 0. The molecule has 44 heavy (non-hydrogen) atoms. The van der Waals surface area contributed by atoms with E-state index in [1.54, 1.807) is 69.3 Å². The second-order valence-corrected chi connectivity index (χ2v) is 12.5. The number of rotatable bonds is 8. The SMILES string of the molecule is CCOC(=O)C1=C(C)N=c2s/c(=C/c3ccc(OCc4ccc(Cl)cc4Cl)c(Br)c3)c(=O)n2[C@H]1c1ccc(C)c([N+](=O)[O-])c1. The fourth-order valence-electron chi connectivity index (χ4n) is 4.77. The van der Waals surface area contributed by atoms with Gasteiger partial charge in [-0.25, -0.2) is 9.79 Å². The number of carbonyl (C=O) groups excluding carboxylic acids is 1. The van der Waals surface area contributed by atoms with Crippen LogP contribution in [0.25, 0.3) is 6.08 Å². The van der Waals surface area contributed by atoms with E-state index >= 15 is 0 Å². The molecular weight excluding hydrogens is 693 g/mol. The molecule has 0 saturated heterocycles. The first-order valence-electron chi connectivity index (χ1n) is 13.3. The zero-order valence-electron chi connectivity index (χ0n) is 23.6. The molecule has 0 unspecified atom stereocenters. The Kier molecular flexibility index (Phi) is 9.40. The molecule has 0 spiro atoms. The van der Waals surface area contributed by atoms with Crippen LogP contribution in [0.5, 0.6) is 5.75 Å². The standard InChI is InChI=1S/C31H24BrCl2N3O6S/c1-4-42-30(39)27-17(3)35-31-36(28(27)19-7-5-16(2)24(13-19)37(40)41)29(38)26(44-31)12-18-6-10-25(22(32)11-18)43-15-20-8-9-21(33)14-23(20)34/h5-14,28H,4,15H2,1-3H3/b26-12+/t28-/m0/s1. The molecule has 0 fully saturated rings. The van der Waals surface area contributed by atoms with E-state index in [2.05, 4.69) is 20.9 Å². The molecule has 1 aromatic heterocycles. The van der Waals surface area contributed by atoms with Gasteiger partial charge in [-0.2, -0.15) is 0 Å². The van der Waals surface area contributed by atoms with Gasteiger partial charge in [-0.3, -0.25) is 19.5 Å². The molecular formula is C31H24BrCl2N3O6S. The van der Waals surface area contributed by atoms with Gasteiger partial charge in [-0.1, -0.05) is 58.8 Å². The summed E-state index contributed by atoms with van der Waals surface area (Å²) in [6.45, 7) is 5.30. The second kappa shape index (κ2) is 13.1. The Morgan fingerprint density at radius 1 is 1.16 bits per heavy atom. The highest BCUT2D eigenvalue weighted by Gasteiger charge is 2.34. The summed E-state index contributed by atoms with van der Waals surface area (Å²) in [6.07, 6.45) is 1.71. The average Bonchev–Trinajstić information content (AvgIpc) is 3.26. The van der Waals surface area contributed by atoms with Crippen LogP contribution in [-0.2, 0) is 16.1 Å². The van der Waals surface area contributed by atoms with Crippen LogP contribution in [0.2, 0.25) is 10.0 Å². The number of aromatic nitrogens is 1. The largest absolute Gasteiger partial charge is 0.488 e. The van der Waals surface area contributed by atoms with Crippen LogP contribution < -0.4 is 19.6 Å². The monoisotopic (exact) mass is 715 g/mol. The van der Waals surface area contributed by atoms with Gasteiger partial charge in [0.15, 0.2) is 4.80 Å². The second-order valence-electron chi connectivity index (χ2n) is 9.82. The fourth-order valence-corrected chi connectivity index (χ4v) is 6.79. The maximum absolute atomic E-state index is 13.9. The minimum absolute atomic E-state index is 0.113. The normalized spacial score (nSPS) is 14.7. The predicted octanol–water partition coefficient (Wildman–Crippen LogP) is 6.66. The van der Waals surface area contributed by atoms with Gasteiger partial charge in [0.05, 0.1) is 37.8 Å². The third kappa shape index (κ3) is 6.37. The molecule has 4 aromatic rings. The maximum atomic E-state index is 13.9. The third-order valence-electron chi connectivity index (χ3n) is 6.91. The lowest BCUT2D eigenvalue weighted by Gasteiger charge is -2.24. The van der Waals surface area contributed by atoms with Crippen molar-refractivity contribution in [3.8, 4) is 5.75 Å². The zero-order chi connectivity index (χ0) is 31.7. The van der Waals surface area contributed by atoms with Crippen LogP contribution in [0, 0.1) is 17.0 Å². The summed E-state index contributed by atoms with van der Waals surface area (Å²) in [4.78, 5) is 43.2. The molecule has 1 aliphatic heterocycles. The lowest BCUT2D eigenvalue weighted by molar-refractivity contribution is -0.385. The molecule has 3 aromatic carbocycles. The van der Waals surface area contributed by atoms with Crippen LogP contribution >= 0.6 is 50.5 Å². The number of nitro groups is 1. The zero-order valence-corrected chi connectivity index (χ0v) is 27.5. The Morgan fingerprint density at radius 3 is 2.61 bits per heavy atom. The molecule has 9 nitrogen and oxygen atoms in total. The van der Waals surface area contributed by atoms with E-state index < -0.39 is 22.5 Å². The van der Waals surface area contributed by atoms with Crippen LogP contribution in [0.15, 0.2) is 80.1 Å². The van der Waals surface area contributed by atoms with Crippen molar-refractivity contribution >= 4 is 68.2 Å². The number of benzene rings is 3. The topological polar surface area (TPSA) is 113 Å². The van der Waals surface area contributed by atoms with Crippen molar-refractivity contribution in [1.82, 2.24) is 4.57 Å². The van der Waals surface area contributed by atoms with Crippen molar-refractivity contribution in [2.45, 2.75) is 33.4 Å². The number of thiazole rings is 1. The van der Waals surface area contributed by atoms with Gasteiger partial charge in [0.2, 0.25) is 0 Å². The Morgan fingerprint density at radius 2 is 1.93 bits per heavy atom.